The van der Waals surface area contributed by atoms with E-state index in [1.807, 2.05) is 0 Å². The molecule has 5 nitrogen and oxygen atoms in total. The highest BCUT2D eigenvalue weighted by atomic mass is 16.5. The van der Waals surface area contributed by atoms with E-state index in [4.69, 9.17) is 14.6 Å². The summed E-state index contributed by atoms with van der Waals surface area (Å²) in [5.41, 5.74) is -0.0411. The molecule has 0 aliphatic heterocycles. The summed E-state index contributed by atoms with van der Waals surface area (Å²) in [4.78, 5) is 14.6. The van der Waals surface area contributed by atoms with Gasteiger partial charge in [0, 0.05) is 6.07 Å². The number of rotatable bonds is 4. The second-order valence-electron chi connectivity index (χ2n) is 4.05. The first-order valence-corrected chi connectivity index (χ1v) is 5.64. The van der Waals surface area contributed by atoms with Crippen LogP contribution in [0.3, 0.4) is 0 Å². The zero-order valence-corrected chi connectivity index (χ0v) is 9.68. The summed E-state index contributed by atoms with van der Waals surface area (Å²) in [5.74, 6) is -0.135. The highest BCUT2D eigenvalue weighted by molar-refractivity contribution is 5.86. The molecule has 1 aliphatic carbocycles. The van der Waals surface area contributed by atoms with E-state index < -0.39 is 5.97 Å². The SMILES string of the molecule is COc1cc(C(=O)O)ncc1OC1CCCC1. The smallest absolute Gasteiger partial charge is 0.354 e. The van der Waals surface area contributed by atoms with Crippen LogP contribution in [-0.4, -0.2) is 29.3 Å². The summed E-state index contributed by atoms with van der Waals surface area (Å²) < 4.78 is 10.9. The zero-order chi connectivity index (χ0) is 12.3. The van der Waals surface area contributed by atoms with Crippen molar-refractivity contribution in [3.8, 4) is 11.5 Å². The fraction of sp³-hybridized carbons (Fsp3) is 0.500. The van der Waals surface area contributed by atoms with Crippen LogP contribution in [0.2, 0.25) is 0 Å². The lowest BCUT2D eigenvalue weighted by Crippen LogP contribution is -2.12. The second kappa shape index (κ2) is 5.03. The van der Waals surface area contributed by atoms with Gasteiger partial charge in [-0.15, -0.1) is 0 Å². The van der Waals surface area contributed by atoms with Crippen LogP contribution in [0.25, 0.3) is 0 Å². The van der Waals surface area contributed by atoms with Crippen LogP contribution in [0.5, 0.6) is 11.5 Å². The van der Waals surface area contributed by atoms with Crippen LogP contribution in [0, 0.1) is 0 Å². The first kappa shape index (κ1) is 11.7. The third kappa shape index (κ3) is 2.67. The van der Waals surface area contributed by atoms with Crippen LogP contribution < -0.4 is 9.47 Å². The summed E-state index contributed by atoms with van der Waals surface area (Å²) in [5, 5.41) is 8.82. The lowest BCUT2D eigenvalue weighted by Gasteiger charge is -2.15. The lowest BCUT2D eigenvalue weighted by atomic mass is 10.3. The first-order valence-electron chi connectivity index (χ1n) is 5.64. The number of ether oxygens (including phenoxy) is 2. The minimum Gasteiger partial charge on any atom is -0.493 e. The molecular formula is C12H15NO4. The third-order valence-corrected chi connectivity index (χ3v) is 2.87. The number of carboxylic acid groups (broad SMARTS) is 1. The molecular weight excluding hydrogens is 222 g/mol. The molecule has 1 saturated carbocycles. The summed E-state index contributed by atoms with van der Waals surface area (Å²) in [6.45, 7) is 0. The Balaban J connectivity index is 2.18. The fourth-order valence-electron chi connectivity index (χ4n) is 1.98. The molecule has 0 amide bonds. The van der Waals surface area contributed by atoms with Crippen molar-refractivity contribution < 1.29 is 19.4 Å². The number of hydrogen-bond donors (Lipinski definition) is 1. The zero-order valence-electron chi connectivity index (χ0n) is 9.68. The molecule has 92 valence electrons. The average molecular weight is 237 g/mol. The van der Waals surface area contributed by atoms with Gasteiger partial charge in [0.2, 0.25) is 0 Å². The molecule has 2 rings (SSSR count). The molecule has 0 saturated heterocycles. The third-order valence-electron chi connectivity index (χ3n) is 2.87. The molecule has 1 fully saturated rings. The van der Waals surface area contributed by atoms with E-state index in [2.05, 4.69) is 4.98 Å². The summed E-state index contributed by atoms with van der Waals surface area (Å²) >= 11 is 0. The predicted molar refractivity (Wildman–Crippen MR) is 60.6 cm³/mol. The van der Waals surface area contributed by atoms with E-state index in [9.17, 15) is 4.79 Å². The van der Waals surface area contributed by atoms with E-state index in [0.717, 1.165) is 12.8 Å². The van der Waals surface area contributed by atoms with Gasteiger partial charge in [-0.2, -0.15) is 0 Å². The molecule has 5 heteroatoms. The number of methoxy groups -OCH3 is 1. The van der Waals surface area contributed by atoms with Crippen molar-refractivity contribution in [3.63, 3.8) is 0 Å². The van der Waals surface area contributed by atoms with E-state index in [1.165, 1.54) is 32.2 Å². The Morgan fingerprint density at radius 1 is 1.41 bits per heavy atom. The molecule has 1 N–H and O–H groups in total. The van der Waals surface area contributed by atoms with E-state index in [-0.39, 0.29) is 11.8 Å². The molecule has 1 aliphatic rings. The molecule has 1 aromatic rings. The second-order valence-corrected chi connectivity index (χ2v) is 4.05. The van der Waals surface area contributed by atoms with Crippen molar-refractivity contribution in [3.05, 3.63) is 18.0 Å². The molecule has 1 heterocycles. The largest absolute Gasteiger partial charge is 0.493 e. The summed E-state index contributed by atoms with van der Waals surface area (Å²) in [6.07, 6.45) is 6.02. The first-order chi connectivity index (χ1) is 8.20. The fourth-order valence-corrected chi connectivity index (χ4v) is 1.98. The van der Waals surface area contributed by atoms with Crippen molar-refractivity contribution in [2.24, 2.45) is 0 Å². The Labute approximate surface area is 99.4 Å². The lowest BCUT2D eigenvalue weighted by molar-refractivity contribution is 0.0689. The maximum Gasteiger partial charge on any atom is 0.354 e. The number of aromatic nitrogens is 1. The van der Waals surface area contributed by atoms with Gasteiger partial charge in [-0.05, 0) is 25.7 Å². The molecule has 1 aromatic heterocycles. The van der Waals surface area contributed by atoms with Crippen molar-refractivity contribution in [2.75, 3.05) is 7.11 Å². The maximum atomic E-state index is 10.8. The van der Waals surface area contributed by atoms with Crippen molar-refractivity contribution >= 4 is 5.97 Å². The number of nitrogens with zero attached hydrogens (tertiary/aromatic N) is 1. The Morgan fingerprint density at radius 3 is 2.71 bits per heavy atom. The molecule has 0 atom stereocenters. The monoisotopic (exact) mass is 237 g/mol. The van der Waals surface area contributed by atoms with Crippen LogP contribution in [-0.2, 0) is 0 Å². The number of pyridine rings is 1. The van der Waals surface area contributed by atoms with Gasteiger partial charge in [-0.3, -0.25) is 0 Å². The topological polar surface area (TPSA) is 68.7 Å². The number of carbonyl (C=O) groups is 1. The molecule has 0 radical (unpaired) electrons. The highest BCUT2D eigenvalue weighted by Gasteiger charge is 2.19. The van der Waals surface area contributed by atoms with E-state index >= 15 is 0 Å². The van der Waals surface area contributed by atoms with Crippen molar-refractivity contribution in [1.82, 2.24) is 4.98 Å². The van der Waals surface area contributed by atoms with Gasteiger partial charge in [0.05, 0.1) is 19.4 Å². The highest BCUT2D eigenvalue weighted by Crippen LogP contribution is 2.31. The van der Waals surface area contributed by atoms with Gasteiger partial charge < -0.3 is 14.6 Å². The molecule has 0 bridgehead atoms. The van der Waals surface area contributed by atoms with E-state index in [1.54, 1.807) is 0 Å². The normalized spacial score (nSPS) is 15.8. The predicted octanol–water partition coefficient (Wildman–Crippen LogP) is 2.11. The quantitative estimate of drug-likeness (QED) is 0.868. The Hall–Kier alpha value is -1.78. The number of aromatic carboxylic acids is 1. The van der Waals surface area contributed by atoms with Crippen LogP contribution in [0.15, 0.2) is 12.3 Å². The van der Waals surface area contributed by atoms with Gasteiger partial charge in [0.25, 0.3) is 0 Å². The Bertz CT molecular complexity index is 413. The Morgan fingerprint density at radius 2 is 2.12 bits per heavy atom. The van der Waals surface area contributed by atoms with Gasteiger partial charge in [0.15, 0.2) is 17.2 Å². The number of hydrogen-bond acceptors (Lipinski definition) is 4. The molecule has 0 aromatic carbocycles. The van der Waals surface area contributed by atoms with Gasteiger partial charge in [-0.1, -0.05) is 0 Å². The van der Waals surface area contributed by atoms with Gasteiger partial charge >= 0.3 is 5.97 Å². The number of carboxylic acids is 1. The van der Waals surface area contributed by atoms with Gasteiger partial charge in [0.1, 0.15) is 0 Å². The van der Waals surface area contributed by atoms with Crippen molar-refractivity contribution in [1.29, 1.82) is 0 Å². The van der Waals surface area contributed by atoms with Gasteiger partial charge in [-0.25, -0.2) is 9.78 Å². The maximum absolute atomic E-state index is 10.8. The molecule has 17 heavy (non-hydrogen) atoms. The van der Waals surface area contributed by atoms with E-state index in [0.29, 0.717) is 11.5 Å². The summed E-state index contributed by atoms with van der Waals surface area (Å²) in [7, 11) is 1.49. The molecule has 0 unspecified atom stereocenters. The average Bonchev–Trinajstić information content (AvgIpc) is 2.82. The minimum atomic E-state index is -1.07. The minimum absolute atomic E-state index is 0.0411. The summed E-state index contributed by atoms with van der Waals surface area (Å²) in [6, 6.07) is 1.38. The standard InChI is InChI=1S/C12H15NO4/c1-16-10-6-9(12(14)15)13-7-11(10)17-8-4-2-3-5-8/h6-8H,2-5H2,1H3,(H,14,15). The Kier molecular flexibility index (Phi) is 3.46. The van der Waals surface area contributed by atoms with Crippen LogP contribution >= 0.6 is 0 Å². The molecule has 0 spiro atoms. The van der Waals surface area contributed by atoms with Crippen LogP contribution in [0.4, 0.5) is 0 Å². The van der Waals surface area contributed by atoms with Crippen molar-refractivity contribution in [2.45, 2.75) is 31.8 Å². The van der Waals surface area contributed by atoms with Crippen LogP contribution in [0.1, 0.15) is 36.2 Å².